The molecule has 0 spiro atoms. The van der Waals surface area contributed by atoms with Crippen LogP contribution in [0.25, 0.3) is 22.4 Å². The summed E-state index contributed by atoms with van der Waals surface area (Å²) in [6.45, 7) is 2.25. The van der Waals surface area contributed by atoms with Crippen LogP contribution >= 0.6 is 0 Å². The van der Waals surface area contributed by atoms with Gasteiger partial charge in [-0.25, -0.2) is 9.97 Å². The van der Waals surface area contributed by atoms with Crippen LogP contribution in [-0.4, -0.2) is 27.4 Å². The Bertz CT molecular complexity index is 1160. The summed E-state index contributed by atoms with van der Waals surface area (Å²) in [5.41, 5.74) is 10.1. The Balaban J connectivity index is 1.71. The number of fused-ring (bicyclic) bond motifs is 1. The van der Waals surface area contributed by atoms with Crippen molar-refractivity contribution in [2.75, 3.05) is 12.3 Å². The van der Waals surface area contributed by atoms with E-state index in [1.165, 1.54) is 6.92 Å². The number of nitrogen functional groups attached to an aromatic ring is 1. The van der Waals surface area contributed by atoms with Crippen molar-refractivity contribution < 1.29 is 9.53 Å². The van der Waals surface area contributed by atoms with Gasteiger partial charge in [-0.3, -0.25) is 4.79 Å². The molecule has 7 heteroatoms. The number of nitrogens with zero attached hydrogens (tertiary/aromatic N) is 2. The average molecular weight is 401 g/mol. The van der Waals surface area contributed by atoms with Crippen LogP contribution in [-0.2, 0) is 17.8 Å². The van der Waals surface area contributed by atoms with Crippen LogP contribution in [0.5, 0.6) is 5.75 Å². The van der Waals surface area contributed by atoms with E-state index in [0.717, 1.165) is 28.1 Å². The van der Waals surface area contributed by atoms with Gasteiger partial charge in [-0.2, -0.15) is 0 Å². The van der Waals surface area contributed by atoms with E-state index in [1.54, 1.807) is 0 Å². The third kappa shape index (κ3) is 4.25. The Kier molecular flexibility index (Phi) is 5.61. The third-order valence-corrected chi connectivity index (χ3v) is 4.74. The monoisotopic (exact) mass is 401 g/mol. The van der Waals surface area contributed by atoms with Crippen LogP contribution < -0.4 is 15.8 Å². The van der Waals surface area contributed by atoms with Crippen LogP contribution in [0.2, 0.25) is 0 Å². The smallest absolute Gasteiger partial charge is 0.216 e. The number of nitrogens with one attached hydrogen (secondary N) is 2. The van der Waals surface area contributed by atoms with Gasteiger partial charge in [-0.15, -0.1) is 0 Å². The van der Waals surface area contributed by atoms with E-state index < -0.39 is 0 Å². The van der Waals surface area contributed by atoms with Crippen molar-refractivity contribution in [1.29, 1.82) is 0 Å². The van der Waals surface area contributed by atoms with Gasteiger partial charge in [0.05, 0.1) is 22.5 Å². The summed E-state index contributed by atoms with van der Waals surface area (Å²) >= 11 is 0. The lowest BCUT2D eigenvalue weighted by molar-refractivity contribution is -0.118. The number of benzene rings is 2. The first kappa shape index (κ1) is 19.4. The SMILES string of the molecule is CC(=O)NCCc1nc(-c2ccccc2)nc2[nH]c(COc3ccccc3)c(N)c12. The number of anilines is 1. The molecule has 0 aliphatic rings. The first-order chi connectivity index (χ1) is 14.6. The summed E-state index contributed by atoms with van der Waals surface area (Å²) in [5, 5.41) is 3.59. The number of aromatic amines is 1. The highest BCUT2D eigenvalue weighted by Gasteiger charge is 2.17. The maximum absolute atomic E-state index is 11.3. The number of hydrogen-bond acceptors (Lipinski definition) is 5. The van der Waals surface area contributed by atoms with Gasteiger partial charge in [-0.05, 0) is 12.1 Å². The van der Waals surface area contributed by atoms with Crippen molar-refractivity contribution in [1.82, 2.24) is 20.3 Å². The summed E-state index contributed by atoms with van der Waals surface area (Å²) in [7, 11) is 0. The Morgan fingerprint density at radius 3 is 2.47 bits per heavy atom. The lowest BCUT2D eigenvalue weighted by Crippen LogP contribution is -2.22. The predicted molar refractivity (Wildman–Crippen MR) is 117 cm³/mol. The summed E-state index contributed by atoms with van der Waals surface area (Å²) in [6.07, 6.45) is 0.541. The number of ether oxygens (including phenoxy) is 1. The fraction of sp³-hybridized carbons (Fsp3) is 0.174. The van der Waals surface area contributed by atoms with Gasteiger partial charge in [-0.1, -0.05) is 48.5 Å². The number of rotatable bonds is 7. The van der Waals surface area contributed by atoms with Crippen LogP contribution in [0.15, 0.2) is 60.7 Å². The normalized spacial score (nSPS) is 10.8. The summed E-state index contributed by atoms with van der Waals surface area (Å²) in [5.74, 6) is 1.29. The molecule has 0 radical (unpaired) electrons. The van der Waals surface area contributed by atoms with E-state index in [2.05, 4.69) is 10.3 Å². The number of carbonyl (C=O) groups is 1. The minimum absolute atomic E-state index is 0.0810. The van der Waals surface area contributed by atoms with Gasteiger partial charge in [0.15, 0.2) is 5.82 Å². The van der Waals surface area contributed by atoms with Gasteiger partial charge in [0, 0.05) is 25.5 Å². The largest absolute Gasteiger partial charge is 0.487 e. The number of para-hydroxylation sites is 1. The molecule has 2 aromatic heterocycles. The number of nitrogens with two attached hydrogens (primary N) is 1. The molecule has 0 saturated heterocycles. The van der Waals surface area contributed by atoms with Gasteiger partial charge in [0.25, 0.3) is 0 Å². The van der Waals surface area contributed by atoms with Gasteiger partial charge >= 0.3 is 0 Å². The van der Waals surface area contributed by atoms with Crippen molar-refractivity contribution in [3.8, 4) is 17.1 Å². The van der Waals surface area contributed by atoms with Crippen LogP contribution in [0.1, 0.15) is 18.3 Å². The number of aromatic nitrogens is 3. The lowest BCUT2D eigenvalue weighted by Gasteiger charge is -2.08. The maximum Gasteiger partial charge on any atom is 0.216 e. The second-order valence-corrected chi connectivity index (χ2v) is 6.94. The molecule has 0 bridgehead atoms. The number of hydrogen-bond donors (Lipinski definition) is 3. The molecule has 152 valence electrons. The summed E-state index contributed by atoms with van der Waals surface area (Å²) < 4.78 is 5.85. The molecular formula is C23H23N5O2. The predicted octanol–water partition coefficient (Wildman–Crippen LogP) is 3.46. The molecule has 1 amide bonds. The van der Waals surface area contributed by atoms with E-state index in [0.29, 0.717) is 30.1 Å². The van der Waals surface area contributed by atoms with E-state index in [1.807, 2.05) is 60.7 Å². The zero-order valence-electron chi connectivity index (χ0n) is 16.7. The average Bonchev–Trinajstić information content (AvgIpc) is 3.09. The highest BCUT2D eigenvalue weighted by Crippen LogP contribution is 2.29. The first-order valence-corrected chi connectivity index (χ1v) is 9.76. The molecule has 7 nitrogen and oxygen atoms in total. The maximum atomic E-state index is 11.3. The van der Waals surface area contributed by atoms with Crippen LogP contribution in [0, 0.1) is 0 Å². The minimum Gasteiger partial charge on any atom is -0.487 e. The van der Waals surface area contributed by atoms with Gasteiger partial charge in [0.2, 0.25) is 5.91 Å². The quantitative estimate of drug-likeness (QED) is 0.440. The molecule has 4 N–H and O–H groups in total. The Morgan fingerprint density at radius 1 is 1.07 bits per heavy atom. The lowest BCUT2D eigenvalue weighted by atomic mass is 10.1. The standard InChI is InChI=1S/C23H23N5O2/c1-15(29)25-13-12-18-20-21(24)19(14-30-17-10-6-3-7-11-17)27-23(20)28-22(26-18)16-8-4-2-5-9-16/h2-11H,12-14,24H2,1H3,(H,25,29)(H,26,27,28). The minimum atomic E-state index is -0.0810. The molecular weight excluding hydrogens is 378 g/mol. The van der Waals surface area contributed by atoms with Crippen LogP contribution in [0.3, 0.4) is 0 Å². The van der Waals surface area contributed by atoms with E-state index in [9.17, 15) is 4.79 Å². The molecule has 30 heavy (non-hydrogen) atoms. The highest BCUT2D eigenvalue weighted by molar-refractivity contribution is 5.93. The summed E-state index contributed by atoms with van der Waals surface area (Å²) in [4.78, 5) is 24.0. The highest BCUT2D eigenvalue weighted by atomic mass is 16.5. The van der Waals surface area contributed by atoms with Crippen molar-refractivity contribution in [3.05, 3.63) is 72.1 Å². The van der Waals surface area contributed by atoms with Crippen molar-refractivity contribution >= 4 is 22.6 Å². The van der Waals surface area contributed by atoms with Gasteiger partial charge in [0.1, 0.15) is 18.0 Å². The molecule has 2 aromatic carbocycles. The fourth-order valence-electron chi connectivity index (χ4n) is 3.28. The molecule has 4 aromatic rings. The third-order valence-electron chi connectivity index (χ3n) is 4.74. The Morgan fingerprint density at radius 2 is 1.77 bits per heavy atom. The number of carbonyl (C=O) groups excluding carboxylic acids is 1. The fourth-order valence-corrected chi connectivity index (χ4v) is 3.28. The van der Waals surface area contributed by atoms with Crippen molar-refractivity contribution in [2.45, 2.75) is 20.0 Å². The molecule has 0 aliphatic carbocycles. The molecule has 2 heterocycles. The van der Waals surface area contributed by atoms with Crippen molar-refractivity contribution in [2.24, 2.45) is 0 Å². The Labute approximate surface area is 174 Å². The summed E-state index contributed by atoms with van der Waals surface area (Å²) in [6, 6.07) is 19.3. The topological polar surface area (TPSA) is 106 Å². The molecule has 4 rings (SSSR count). The second kappa shape index (κ2) is 8.65. The molecule has 0 fully saturated rings. The number of H-pyrrole nitrogens is 1. The van der Waals surface area contributed by atoms with Crippen molar-refractivity contribution in [3.63, 3.8) is 0 Å². The van der Waals surface area contributed by atoms with Crippen LogP contribution in [0.4, 0.5) is 5.69 Å². The molecule has 0 saturated carbocycles. The number of amides is 1. The van der Waals surface area contributed by atoms with E-state index >= 15 is 0 Å². The zero-order chi connectivity index (χ0) is 20.9. The molecule has 0 unspecified atom stereocenters. The van der Waals surface area contributed by atoms with E-state index in [-0.39, 0.29) is 12.5 Å². The molecule has 0 atom stereocenters. The van der Waals surface area contributed by atoms with E-state index in [4.69, 9.17) is 20.4 Å². The molecule has 0 aliphatic heterocycles. The Hall–Kier alpha value is -3.87. The first-order valence-electron chi connectivity index (χ1n) is 9.76. The zero-order valence-corrected chi connectivity index (χ0v) is 16.7. The second-order valence-electron chi connectivity index (χ2n) is 6.94. The van der Waals surface area contributed by atoms with Gasteiger partial charge < -0.3 is 20.8 Å².